The van der Waals surface area contributed by atoms with Crippen molar-refractivity contribution in [1.82, 2.24) is 9.88 Å². The number of nitrogens with zero attached hydrogens (tertiary/aromatic N) is 3. The van der Waals surface area contributed by atoms with Crippen molar-refractivity contribution in [2.24, 2.45) is 17.6 Å². The lowest BCUT2D eigenvalue weighted by Gasteiger charge is -2.32. The predicted molar refractivity (Wildman–Crippen MR) is 127 cm³/mol. The summed E-state index contributed by atoms with van der Waals surface area (Å²) in [7, 11) is 0. The van der Waals surface area contributed by atoms with Gasteiger partial charge in [0.25, 0.3) is 11.8 Å². The Morgan fingerprint density at radius 2 is 1.79 bits per heavy atom. The Morgan fingerprint density at radius 3 is 2.35 bits per heavy atom. The summed E-state index contributed by atoms with van der Waals surface area (Å²) in [6.07, 6.45) is 3.50. The number of anilines is 2. The fourth-order valence-corrected chi connectivity index (χ4v) is 4.56. The monoisotopic (exact) mass is 463 g/mol. The van der Waals surface area contributed by atoms with E-state index in [-0.39, 0.29) is 17.7 Å². The van der Waals surface area contributed by atoms with Gasteiger partial charge in [-0.2, -0.15) is 0 Å². The lowest BCUT2D eigenvalue weighted by molar-refractivity contribution is -0.122. The van der Waals surface area contributed by atoms with Crippen molar-refractivity contribution in [2.75, 3.05) is 23.3 Å². The molecule has 2 atom stereocenters. The number of carbonyl (C=O) groups excluding carboxylic acids is 4. The first-order chi connectivity index (χ1) is 16.3. The lowest BCUT2D eigenvalue weighted by Crippen LogP contribution is -2.48. The average Bonchev–Trinajstić information content (AvgIpc) is 3.08. The zero-order chi connectivity index (χ0) is 24.4. The Balaban J connectivity index is 1.49. The minimum atomic E-state index is -0.939. The van der Waals surface area contributed by atoms with Crippen LogP contribution in [0.4, 0.5) is 11.5 Å². The summed E-state index contributed by atoms with van der Waals surface area (Å²) in [5, 5.41) is 2.81. The number of hydrogen-bond donors (Lipinski definition) is 2. The summed E-state index contributed by atoms with van der Waals surface area (Å²) in [5.74, 6) is -1.08. The van der Waals surface area contributed by atoms with E-state index in [1.807, 2.05) is 18.7 Å². The number of carbonyl (C=O) groups is 4. The largest absolute Gasteiger partial charge is 0.369 e. The second-order valence-electron chi connectivity index (χ2n) is 9.25. The van der Waals surface area contributed by atoms with Crippen LogP contribution in [-0.2, 0) is 9.59 Å². The molecule has 2 aromatic rings. The number of nitrogens with one attached hydrogen (secondary N) is 1. The molecule has 34 heavy (non-hydrogen) atoms. The van der Waals surface area contributed by atoms with Crippen LogP contribution in [0.1, 0.15) is 53.8 Å². The normalized spacial score (nSPS) is 18.7. The Hall–Kier alpha value is -3.75. The summed E-state index contributed by atoms with van der Waals surface area (Å²) in [6, 6.07) is 9.17. The molecule has 9 nitrogen and oxygen atoms in total. The van der Waals surface area contributed by atoms with Crippen molar-refractivity contribution in [3.63, 3.8) is 0 Å². The van der Waals surface area contributed by atoms with Gasteiger partial charge in [0.1, 0.15) is 11.9 Å². The molecule has 3 N–H and O–H groups in total. The van der Waals surface area contributed by atoms with Crippen LogP contribution in [0, 0.1) is 11.8 Å². The van der Waals surface area contributed by atoms with Crippen LogP contribution in [0.3, 0.4) is 0 Å². The molecule has 178 valence electrons. The van der Waals surface area contributed by atoms with Crippen LogP contribution in [0.15, 0.2) is 42.6 Å². The van der Waals surface area contributed by atoms with E-state index in [1.165, 1.54) is 6.20 Å². The number of pyridine rings is 1. The molecule has 2 aliphatic heterocycles. The summed E-state index contributed by atoms with van der Waals surface area (Å²) >= 11 is 0. The van der Waals surface area contributed by atoms with Crippen molar-refractivity contribution < 1.29 is 19.2 Å². The molecule has 4 amide bonds. The number of hydrogen-bond acceptors (Lipinski definition) is 6. The van der Waals surface area contributed by atoms with Crippen LogP contribution >= 0.6 is 0 Å². The highest BCUT2D eigenvalue weighted by Gasteiger charge is 2.42. The minimum Gasteiger partial charge on any atom is -0.369 e. The highest BCUT2D eigenvalue weighted by atomic mass is 16.2. The standard InChI is InChI=1S/C25H29N5O4/c1-15(2)12-20(30-24(33)18-7-3-4-8-19(18)25(30)34)23(32)28-17-9-10-21(27-13-17)29-11-5-6-16(14-29)22(26)31/h3-4,7-10,13,15-16,20H,5-6,11-12,14H2,1-2H3,(H2,26,31)(H,28,32). The second-order valence-corrected chi connectivity index (χ2v) is 9.25. The molecule has 1 saturated heterocycles. The van der Waals surface area contributed by atoms with Gasteiger partial charge in [-0.05, 0) is 49.4 Å². The third-order valence-corrected chi connectivity index (χ3v) is 6.30. The van der Waals surface area contributed by atoms with Gasteiger partial charge in [0.05, 0.1) is 28.9 Å². The highest BCUT2D eigenvalue weighted by molar-refractivity contribution is 6.23. The van der Waals surface area contributed by atoms with E-state index in [2.05, 4.69) is 10.3 Å². The van der Waals surface area contributed by atoms with Crippen LogP contribution in [0.2, 0.25) is 0 Å². The lowest BCUT2D eigenvalue weighted by atomic mass is 9.97. The maximum atomic E-state index is 13.2. The third kappa shape index (κ3) is 4.64. The Bertz CT molecular complexity index is 1080. The number of piperidine rings is 1. The number of rotatable bonds is 7. The second kappa shape index (κ2) is 9.62. The smallest absolute Gasteiger partial charge is 0.262 e. The molecule has 1 fully saturated rings. The van der Waals surface area contributed by atoms with Crippen molar-refractivity contribution in [3.05, 3.63) is 53.7 Å². The number of aromatic nitrogens is 1. The van der Waals surface area contributed by atoms with E-state index in [0.29, 0.717) is 35.6 Å². The molecule has 2 aliphatic rings. The fraction of sp³-hybridized carbons (Fsp3) is 0.400. The summed E-state index contributed by atoms with van der Waals surface area (Å²) in [6.45, 7) is 5.17. The van der Waals surface area contributed by atoms with E-state index in [0.717, 1.165) is 24.3 Å². The van der Waals surface area contributed by atoms with Crippen molar-refractivity contribution >= 4 is 35.1 Å². The van der Waals surface area contributed by atoms with Gasteiger partial charge in [0.15, 0.2) is 0 Å². The Morgan fingerprint density at radius 1 is 1.12 bits per heavy atom. The third-order valence-electron chi connectivity index (χ3n) is 6.30. The molecule has 0 radical (unpaired) electrons. The fourth-order valence-electron chi connectivity index (χ4n) is 4.56. The van der Waals surface area contributed by atoms with Crippen LogP contribution in [-0.4, -0.2) is 52.6 Å². The van der Waals surface area contributed by atoms with E-state index in [1.54, 1.807) is 36.4 Å². The number of nitrogens with two attached hydrogens (primary N) is 1. The van der Waals surface area contributed by atoms with Gasteiger partial charge in [0.2, 0.25) is 11.8 Å². The quantitative estimate of drug-likeness (QED) is 0.608. The molecule has 0 aliphatic carbocycles. The number of amides is 4. The van der Waals surface area contributed by atoms with Gasteiger partial charge >= 0.3 is 0 Å². The van der Waals surface area contributed by atoms with Gasteiger partial charge in [-0.3, -0.25) is 24.1 Å². The molecule has 0 saturated carbocycles. The first-order valence-electron chi connectivity index (χ1n) is 11.5. The maximum Gasteiger partial charge on any atom is 0.262 e. The van der Waals surface area contributed by atoms with Crippen molar-refractivity contribution in [1.29, 1.82) is 0 Å². The van der Waals surface area contributed by atoms with Crippen LogP contribution in [0.5, 0.6) is 0 Å². The zero-order valence-electron chi connectivity index (χ0n) is 19.4. The van der Waals surface area contributed by atoms with Gasteiger partial charge < -0.3 is 16.0 Å². The van der Waals surface area contributed by atoms with E-state index >= 15 is 0 Å². The van der Waals surface area contributed by atoms with Crippen LogP contribution < -0.4 is 16.0 Å². The van der Waals surface area contributed by atoms with E-state index < -0.39 is 23.8 Å². The molecule has 4 rings (SSSR count). The van der Waals surface area contributed by atoms with Crippen LogP contribution in [0.25, 0.3) is 0 Å². The van der Waals surface area contributed by atoms with Gasteiger partial charge in [-0.25, -0.2) is 4.98 Å². The molecule has 3 heterocycles. The Labute approximate surface area is 198 Å². The number of fused-ring (bicyclic) bond motifs is 1. The molecule has 1 aromatic carbocycles. The maximum absolute atomic E-state index is 13.2. The van der Waals surface area contributed by atoms with E-state index in [9.17, 15) is 19.2 Å². The molecular formula is C25H29N5O4. The van der Waals surface area contributed by atoms with Crippen molar-refractivity contribution in [3.8, 4) is 0 Å². The molecular weight excluding hydrogens is 434 g/mol. The molecule has 0 spiro atoms. The van der Waals surface area contributed by atoms with Gasteiger partial charge in [-0.15, -0.1) is 0 Å². The number of primary amides is 1. The SMILES string of the molecule is CC(C)CC(C(=O)Nc1ccc(N2CCCC(C(N)=O)C2)nc1)N1C(=O)c2ccccc2C1=O. The average molecular weight is 464 g/mol. The highest BCUT2D eigenvalue weighted by Crippen LogP contribution is 2.28. The number of benzene rings is 1. The molecule has 0 bridgehead atoms. The Kier molecular flexibility index (Phi) is 6.63. The minimum absolute atomic E-state index is 0.0814. The van der Waals surface area contributed by atoms with Gasteiger partial charge in [0, 0.05) is 13.1 Å². The molecule has 2 unspecified atom stereocenters. The zero-order valence-corrected chi connectivity index (χ0v) is 19.4. The first kappa shape index (κ1) is 23.4. The van der Waals surface area contributed by atoms with Crippen molar-refractivity contribution in [2.45, 2.75) is 39.2 Å². The predicted octanol–water partition coefficient (Wildman–Crippen LogP) is 2.43. The molecule has 9 heteroatoms. The summed E-state index contributed by atoms with van der Waals surface area (Å²) < 4.78 is 0. The summed E-state index contributed by atoms with van der Waals surface area (Å²) in [4.78, 5) is 58.2. The number of imide groups is 1. The van der Waals surface area contributed by atoms with Gasteiger partial charge in [-0.1, -0.05) is 26.0 Å². The topological polar surface area (TPSA) is 126 Å². The summed E-state index contributed by atoms with van der Waals surface area (Å²) in [5.41, 5.74) is 6.55. The first-order valence-corrected chi connectivity index (χ1v) is 11.5. The molecule has 1 aromatic heterocycles. The van der Waals surface area contributed by atoms with E-state index in [4.69, 9.17) is 5.73 Å².